The fraction of sp³-hybridized carbons (Fsp3) is 0.381. The Morgan fingerprint density at radius 1 is 1.04 bits per heavy atom. The number of carbonyl (C=O) groups is 1. The first-order valence-corrected chi connectivity index (χ1v) is 9.18. The summed E-state index contributed by atoms with van der Waals surface area (Å²) in [5.74, 6) is -0.0644. The second-order valence-corrected chi connectivity index (χ2v) is 6.20. The molecule has 0 radical (unpaired) electrons. The van der Waals surface area contributed by atoms with Crippen molar-refractivity contribution in [1.82, 2.24) is 10.2 Å². The topological polar surface area (TPSA) is 50.8 Å². The molecule has 0 aromatic heterocycles. The third-order valence-corrected chi connectivity index (χ3v) is 4.41. The third-order valence-electron chi connectivity index (χ3n) is 4.41. The van der Waals surface area contributed by atoms with Gasteiger partial charge in [-0.15, -0.1) is 0 Å². The maximum atomic E-state index is 12.4. The number of hydrogen-bond donors (Lipinski definition) is 1. The van der Waals surface area contributed by atoms with E-state index in [1.807, 2.05) is 12.1 Å². The molecule has 0 bridgehead atoms. The van der Waals surface area contributed by atoms with Crippen molar-refractivity contribution < 1.29 is 23.0 Å². The van der Waals surface area contributed by atoms with E-state index in [1.54, 1.807) is 24.3 Å². The molecular weight excluding hydrogens is 366 g/mol. The van der Waals surface area contributed by atoms with Gasteiger partial charge in [0.05, 0.1) is 7.11 Å². The summed E-state index contributed by atoms with van der Waals surface area (Å²) in [5, 5.41) is 2.82. The van der Waals surface area contributed by atoms with Gasteiger partial charge in [-0.2, -0.15) is 8.78 Å². The number of carbonyl (C=O) groups excluding carboxylic acids is 1. The van der Waals surface area contributed by atoms with Crippen LogP contribution in [0.25, 0.3) is 0 Å². The average Bonchev–Trinajstić information content (AvgIpc) is 2.71. The zero-order chi connectivity index (χ0) is 20.5. The number of nitrogens with one attached hydrogen (secondary N) is 1. The molecule has 0 saturated carbocycles. The van der Waals surface area contributed by atoms with Crippen LogP contribution in [0, 0.1) is 0 Å². The number of rotatable bonds is 10. The zero-order valence-electron chi connectivity index (χ0n) is 16.4. The summed E-state index contributed by atoms with van der Waals surface area (Å²) >= 11 is 0. The van der Waals surface area contributed by atoms with E-state index in [-0.39, 0.29) is 24.0 Å². The Balaban J connectivity index is 1.96. The maximum absolute atomic E-state index is 12.4. The Kier molecular flexibility index (Phi) is 8.19. The number of ether oxygens (including phenoxy) is 2. The molecule has 152 valence electrons. The van der Waals surface area contributed by atoms with Crippen LogP contribution in [0.3, 0.4) is 0 Å². The SMILES string of the molecule is CCN(CC)Cc1ccc(C(=O)NCc2ccc(OC(F)F)c(OC)c2)cc1. The highest BCUT2D eigenvalue weighted by molar-refractivity contribution is 5.94. The van der Waals surface area contributed by atoms with E-state index in [9.17, 15) is 13.6 Å². The number of halogens is 2. The summed E-state index contributed by atoms with van der Waals surface area (Å²) in [5.41, 5.74) is 2.43. The van der Waals surface area contributed by atoms with Crippen molar-refractivity contribution >= 4 is 5.91 Å². The lowest BCUT2D eigenvalue weighted by atomic mass is 10.1. The average molecular weight is 392 g/mol. The molecule has 0 heterocycles. The van der Waals surface area contributed by atoms with Gasteiger partial charge < -0.3 is 14.8 Å². The minimum absolute atomic E-state index is 0.0450. The molecule has 0 aliphatic carbocycles. The van der Waals surface area contributed by atoms with Crippen LogP contribution in [0.4, 0.5) is 8.78 Å². The summed E-state index contributed by atoms with van der Waals surface area (Å²) in [6, 6.07) is 12.1. The van der Waals surface area contributed by atoms with Gasteiger partial charge in [-0.05, 0) is 48.5 Å². The van der Waals surface area contributed by atoms with E-state index in [0.29, 0.717) is 11.1 Å². The molecule has 7 heteroatoms. The van der Waals surface area contributed by atoms with Crippen LogP contribution in [-0.4, -0.2) is 37.6 Å². The van der Waals surface area contributed by atoms with E-state index < -0.39 is 6.61 Å². The Labute approximate surface area is 164 Å². The van der Waals surface area contributed by atoms with Gasteiger partial charge in [-0.25, -0.2) is 0 Å². The molecule has 28 heavy (non-hydrogen) atoms. The highest BCUT2D eigenvalue weighted by Crippen LogP contribution is 2.29. The molecule has 1 amide bonds. The largest absolute Gasteiger partial charge is 0.493 e. The number of alkyl halides is 2. The van der Waals surface area contributed by atoms with Crippen LogP contribution in [0.5, 0.6) is 11.5 Å². The molecule has 5 nitrogen and oxygen atoms in total. The van der Waals surface area contributed by atoms with Crippen molar-refractivity contribution in [2.45, 2.75) is 33.5 Å². The lowest BCUT2D eigenvalue weighted by Crippen LogP contribution is -2.23. The third kappa shape index (κ3) is 6.20. The van der Waals surface area contributed by atoms with Crippen LogP contribution in [-0.2, 0) is 13.1 Å². The molecule has 1 N–H and O–H groups in total. The van der Waals surface area contributed by atoms with Gasteiger partial charge in [0.15, 0.2) is 11.5 Å². The second-order valence-electron chi connectivity index (χ2n) is 6.20. The van der Waals surface area contributed by atoms with Crippen molar-refractivity contribution in [3.63, 3.8) is 0 Å². The van der Waals surface area contributed by atoms with E-state index >= 15 is 0 Å². The van der Waals surface area contributed by atoms with Gasteiger partial charge in [-0.1, -0.05) is 32.0 Å². The summed E-state index contributed by atoms with van der Waals surface area (Å²) in [6.45, 7) is 4.35. The molecule has 2 aromatic rings. The standard InChI is InChI=1S/C21H26F2N2O3/c1-4-25(5-2)14-15-6-9-17(10-7-15)20(26)24-13-16-8-11-18(28-21(22)23)19(12-16)27-3/h6-12,21H,4-5,13-14H2,1-3H3,(H,24,26). The lowest BCUT2D eigenvalue weighted by Gasteiger charge is -2.18. The molecule has 2 rings (SSSR count). The highest BCUT2D eigenvalue weighted by Gasteiger charge is 2.12. The zero-order valence-corrected chi connectivity index (χ0v) is 16.4. The monoisotopic (exact) mass is 392 g/mol. The van der Waals surface area contributed by atoms with Crippen molar-refractivity contribution in [2.75, 3.05) is 20.2 Å². The van der Waals surface area contributed by atoms with Crippen LogP contribution < -0.4 is 14.8 Å². The summed E-state index contributed by atoms with van der Waals surface area (Å²) in [7, 11) is 1.37. The molecule has 0 fully saturated rings. The van der Waals surface area contributed by atoms with Gasteiger partial charge >= 0.3 is 6.61 Å². The van der Waals surface area contributed by atoms with Crippen LogP contribution >= 0.6 is 0 Å². The number of nitrogens with zero attached hydrogens (tertiary/aromatic N) is 1. The smallest absolute Gasteiger partial charge is 0.387 e. The van der Waals surface area contributed by atoms with Gasteiger partial charge in [-0.3, -0.25) is 9.69 Å². The second kappa shape index (κ2) is 10.6. The molecule has 2 aromatic carbocycles. The van der Waals surface area contributed by atoms with Gasteiger partial charge in [0.25, 0.3) is 5.91 Å². The number of amides is 1. The van der Waals surface area contributed by atoms with Crippen molar-refractivity contribution in [1.29, 1.82) is 0 Å². The van der Waals surface area contributed by atoms with Gasteiger partial charge in [0, 0.05) is 18.7 Å². The molecule has 0 unspecified atom stereocenters. The Morgan fingerprint density at radius 3 is 2.25 bits per heavy atom. The minimum atomic E-state index is -2.93. The minimum Gasteiger partial charge on any atom is -0.493 e. The maximum Gasteiger partial charge on any atom is 0.387 e. The molecule has 0 aliphatic rings. The summed E-state index contributed by atoms with van der Waals surface area (Å²) in [4.78, 5) is 14.6. The first-order chi connectivity index (χ1) is 13.5. The normalized spacial score (nSPS) is 11.0. The van der Waals surface area contributed by atoms with Crippen LogP contribution in [0.2, 0.25) is 0 Å². The Hall–Kier alpha value is -2.67. The molecular formula is C21H26F2N2O3. The fourth-order valence-corrected chi connectivity index (χ4v) is 2.77. The predicted molar refractivity (Wildman–Crippen MR) is 104 cm³/mol. The van der Waals surface area contributed by atoms with Crippen LogP contribution in [0.15, 0.2) is 42.5 Å². The molecule has 0 atom stereocenters. The first-order valence-electron chi connectivity index (χ1n) is 9.18. The summed E-state index contributed by atoms with van der Waals surface area (Å²) in [6.07, 6.45) is 0. The van der Waals surface area contributed by atoms with Crippen molar-refractivity contribution in [2.24, 2.45) is 0 Å². The molecule has 0 spiro atoms. The first kappa shape index (κ1) is 21.6. The quantitative estimate of drug-likeness (QED) is 0.662. The van der Waals surface area contributed by atoms with Crippen molar-refractivity contribution in [3.8, 4) is 11.5 Å². The van der Waals surface area contributed by atoms with Crippen LogP contribution in [0.1, 0.15) is 35.3 Å². The van der Waals surface area contributed by atoms with Gasteiger partial charge in [0.1, 0.15) is 0 Å². The fourth-order valence-electron chi connectivity index (χ4n) is 2.77. The van der Waals surface area contributed by atoms with E-state index in [0.717, 1.165) is 25.2 Å². The van der Waals surface area contributed by atoms with Crippen molar-refractivity contribution in [3.05, 3.63) is 59.2 Å². The van der Waals surface area contributed by atoms with E-state index in [2.05, 4.69) is 28.8 Å². The summed E-state index contributed by atoms with van der Waals surface area (Å²) < 4.78 is 34.2. The van der Waals surface area contributed by atoms with E-state index in [1.165, 1.54) is 13.2 Å². The number of methoxy groups -OCH3 is 1. The van der Waals surface area contributed by atoms with E-state index in [4.69, 9.17) is 4.74 Å². The highest BCUT2D eigenvalue weighted by atomic mass is 19.3. The number of hydrogen-bond acceptors (Lipinski definition) is 4. The molecule has 0 aliphatic heterocycles. The predicted octanol–water partition coefficient (Wildman–Crippen LogP) is 4.07. The Bertz CT molecular complexity index is 763. The number of benzene rings is 2. The van der Waals surface area contributed by atoms with Gasteiger partial charge in [0.2, 0.25) is 0 Å². The lowest BCUT2D eigenvalue weighted by molar-refractivity contribution is -0.0512. The molecule has 0 saturated heterocycles. The Morgan fingerprint density at radius 2 is 1.68 bits per heavy atom.